The van der Waals surface area contributed by atoms with Crippen LogP contribution in [0.1, 0.15) is 34.2 Å². The zero-order chi connectivity index (χ0) is 21.0. The highest BCUT2D eigenvalue weighted by Gasteiger charge is 2.19. The van der Waals surface area contributed by atoms with E-state index < -0.39 is 6.10 Å². The summed E-state index contributed by atoms with van der Waals surface area (Å²) in [4.78, 5) is 7.17. The van der Waals surface area contributed by atoms with Crippen LogP contribution in [0.5, 0.6) is 5.75 Å². The highest BCUT2D eigenvalue weighted by molar-refractivity contribution is 7.18. The molecule has 4 aromatic rings. The summed E-state index contributed by atoms with van der Waals surface area (Å²) >= 11 is 1.76. The Kier molecular flexibility index (Phi) is 5.98. The Bertz CT molecular complexity index is 1130. The van der Waals surface area contributed by atoms with E-state index in [1.165, 1.54) is 10.3 Å². The lowest BCUT2D eigenvalue weighted by molar-refractivity contribution is 0.167. The molecule has 158 valence electrons. The Balaban J connectivity index is 1.28. The number of thiazole rings is 1. The molecule has 0 bridgehead atoms. The number of fused-ring (bicyclic) bond motifs is 2. The fourth-order valence-electron chi connectivity index (χ4n) is 4.10. The predicted octanol–water partition coefficient (Wildman–Crippen LogP) is 5.36. The van der Waals surface area contributed by atoms with E-state index in [2.05, 4.69) is 41.3 Å². The summed E-state index contributed by atoms with van der Waals surface area (Å²) in [6.45, 7) is 3.12. The van der Waals surface area contributed by atoms with E-state index in [9.17, 15) is 5.11 Å². The maximum Gasteiger partial charge on any atom is 0.123 e. The molecule has 31 heavy (non-hydrogen) atoms. The van der Waals surface area contributed by atoms with Crippen LogP contribution < -0.4 is 4.74 Å². The monoisotopic (exact) mass is 430 g/mol. The Labute approximate surface area is 186 Å². The fraction of sp³-hybridized carbons (Fsp3) is 0.269. The number of para-hydroxylation sites is 1. The van der Waals surface area contributed by atoms with Crippen LogP contribution in [0.2, 0.25) is 0 Å². The van der Waals surface area contributed by atoms with E-state index in [0.29, 0.717) is 13.0 Å². The third-order valence-corrected chi connectivity index (χ3v) is 6.80. The topological polar surface area (TPSA) is 45.6 Å². The molecular formula is C26H26N2O2S. The highest BCUT2D eigenvalue weighted by atomic mass is 32.1. The maximum absolute atomic E-state index is 10.8. The van der Waals surface area contributed by atoms with Gasteiger partial charge in [0.25, 0.3) is 0 Å². The van der Waals surface area contributed by atoms with E-state index in [-0.39, 0.29) is 0 Å². The molecule has 1 aliphatic rings. The number of nitrogens with zero attached hydrogens (tertiary/aromatic N) is 2. The summed E-state index contributed by atoms with van der Waals surface area (Å²) in [5.41, 5.74) is 4.41. The second kappa shape index (κ2) is 9.18. The lowest BCUT2D eigenvalue weighted by Gasteiger charge is -2.18. The summed E-state index contributed by atoms with van der Waals surface area (Å²) in [5, 5.41) is 11.9. The molecule has 0 radical (unpaired) electrons. The van der Waals surface area contributed by atoms with Crippen molar-refractivity contribution in [2.24, 2.45) is 0 Å². The molecule has 1 aliphatic heterocycles. The molecule has 1 N–H and O–H groups in total. The maximum atomic E-state index is 10.8. The Morgan fingerprint density at radius 1 is 1.03 bits per heavy atom. The van der Waals surface area contributed by atoms with Crippen molar-refractivity contribution in [3.8, 4) is 5.75 Å². The lowest BCUT2D eigenvalue weighted by atomic mass is 9.99. The van der Waals surface area contributed by atoms with Crippen LogP contribution in [0.3, 0.4) is 0 Å². The summed E-state index contributed by atoms with van der Waals surface area (Å²) in [6, 6.07) is 24.7. The predicted molar refractivity (Wildman–Crippen MR) is 125 cm³/mol. The molecule has 5 heteroatoms. The second-order valence-electron chi connectivity index (χ2n) is 8.04. The van der Waals surface area contributed by atoms with Crippen LogP contribution in [0.4, 0.5) is 0 Å². The van der Waals surface area contributed by atoms with Gasteiger partial charge in [-0.25, -0.2) is 4.98 Å². The minimum Gasteiger partial charge on any atom is -0.492 e. The van der Waals surface area contributed by atoms with Gasteiger partial charge in [0, 0.05) is 18.7 Å². The lowest BCUT2D eigenvalue weighted by Crippen LogP contribution is -2.25. The molecule has 1 atom stereocenters. The molecule has 0 spiro atoms. The molecule has 2 heterocycles. The number of aryl methyl sites for hydroxylation is 1. The van der Waals surface area contributed by atoms with E-state index in [4.69, 9.17) is 9.72 Å². The third-order valence-electron chi connectivity index (χ3n) is 5.77. The molecular weight excluding hydrogens is 404 g/mol. The Morgan fingerprint density at radius 3 is 2.74 bits per heavy atom. The zero-order valence-electron chi connectivity index (χ0n) is 17.4. The van der Waals surface area contributed by atoms with Crippen LogP contribution in [0.15, 0.2) is 72.8 Å². The van der Waals surface area contributed by atoms with Crippen molar-refractivity contribution < 1.29 is 9.84 Å². The van der Waals surface area contributed by atoms with Gasteiger partial charge in [-0.05, 0) is 48.2 Å². The van der Waals surface area contributed by atoms with E-state index in [1.807, 2.05) is 36.4 Å². The van der Waals surface area contributed by atoms with Gasteiger partial charge in [-0.3, -0.25) is 4.90 Å². The number of hydrogen-bond acceptors (Lipinski definition) is 5. The summed E-state index contributed by atoms with van der Waals surface area (Å²) in [7, 11) is 0. The number of aliphatic hydroxyl groups is 1. The Hall–Kier alpha value is -2.73. The average molecular weight is 431 g/mol. The van der Waals surface area contributed by atoms with Crippen LogP contribution in [-0.4, -0.2) is 28.1 Å². The van der Waals surface area contributed by atoms with Crippen LogP contribution in [-0.2, 0) is 19.5 Å². The SMILES string of the molecule is OC(CCc1ccccc1)c1ccc2c(c1)CN(Cc1nc3ccccc3s1)CCO2. The van der Waals surface area contributed by atoms with Crippen molar-refractivity contribution in [1.29, 1.82) is 0 Å². The first-order valence-electron chi connectivity index (χ1n) is 10.8. The number of ether oxygens (including phenoxy) is 1. The number of rotatable bonds is 6. The van der Waals surface area contributed by atoms with Crippen LogP contribution in [0, 0.1) is 0 Å². The molecule has 0 saturated carbocycles. The van der Waals surface area contributed by atoms with Gasteiger partial charge < -0.3 is 9.84 Å². The second-order valence-corrected chi connectivity index (χ2v) is 9.16. The molecule has 0 fully saturated rings. The van der Waals surface area contributed by atoms with E-state index >= 15 is 0 Å². The Morgan fingerprint density at radius 2 is 1.87 bits per heavy atom. The van der Waals surface area contributed by atoms with Gasteiger partial charge >= 0.3 is 0 Å². The van der Waals surface area contributed by atoms with Crippen molar-refractivity contribution in [2.75, 3.05) is 13.2 Å². The van der Waals surface area contributed by atoms with Crippen molar-refractivity contribution in [3.05, 3.63) is 94.5 Å². The van der Waals surface area contributed by atoms with Crippen molar-refractivity contribution in [3.63, 3.8) is 0 Å². The highest BCUT2D eigenvalue weighted by Crippen LogP contribution is 2.30. The van der Waals surface area contributed by atoms with Crippen molar-refractivity contribution >= 4 is 21.6 Å². The fourth-order valence-corrected chi connectivity index (χ4v) is 5.11. The third kappa shape index (κ3) is 4.79. The molecule has 0 aliphatic carbocycles. The minimum absolute atomic E-state index is 0.480. The van der Waals surface area contributed by atoms with Crippen LogP contribution in [0.25, 0.3) is 10.2 Å². The standard InChI is InChI=1S/C26H26N2O2S/c29-23(12-10-19-6-2-1-3-7-19)20-11-13-24-21(16-20)17-28(14-15-30-24)18-26-27-22-8-4-5-9-25(22)31-26/h1-9,11,13,16,23,29H,10,12,14-15,17-18H2. The van der Waals surface area contributed by atoms with Gasteiger partial charge in [0.2, 0.25) is 0 Å². The minimum atomic E-state index is -0.480. The van der Waals surface area contributed by atoms with Gasteiger partial charge in [0.05, 0.1) is 22.9 Å². The van der Waals surface area contributed by atoms with Crippen LogP contribution >= 0.6 is 11.3 Å². The summed E-state index contributed by atoms with van der Waals surface area (Å²) in [6.07, 6.45) is 1.09. The molecule has 1 unspecified atom stereocenters. The van der Waals surface area contributed by atoms with Crippen molar-refractivity contribution in [2.45, 2.75) is 32.0 Å². The molecule has 5 rings (SSSR count). The first-order valence-corrected chi connectivity index (χ1v) is 11.6. The molecule has 3 aromatic carbocycles. The quantitative estimate of drug-likeness (QED) is 0.447. The molecule has 1 aromatic heterocycles. The average Bonchev–Trinajstić information content (AvgIpc) is 3.10. The van der Waals surface area contributed by atoms with Gasteiger partial charge in [-0.1, -0.05) is 48.5 Å². The van der Waals surface area contributed by atoms with Crippen molar-refractivity contribution in [1.82, 2.24) is 9.88 Å². The summed E-state index contributed by atoms with van der Waals surface area (Å²) in [5.74, 6) is 0.922. The van der Waals surface area contributed by atoms with E-state index in [1.54, 1.807) is 11.3 Å². The van der Waals surface area contributed by atoms with Gasteiger partial charge in [-0.15, -0.1) is 11.3 Å². The van der Waals surface area contributed by atoms with Gasteiger partial charge in [0.1, 0.15) is 17.4 Å². The van der Waals surface area contributed by atoms with E-state index in [0.717, 1.165) is 53.5 Å². The van der Waals surface area contributed by atoms with Gasteiger partial charge in [-0.2, -0.15) is 0 Å². The number of benzene rings is 3. The summed E-state index contributed by atoms with van der Waals surface area (Å²) < 4.78 is 7.23. The first kappa shape index (κ1) is 20.2. The largest absolute Gasteiger partial charge is 0.492 e. The molecule has 4 nitrogen and oxygen atoms in total. The normalized spacial score (nSPS) is 15.3. The number of aromatic nitrogens is 1. The zero-order valence-corrected chi connectivity index (χ0v) is 18.2. The van der Waals surface area contributed by atoms with Gasteiger partial charge in [0.15, 0.2) is 0 Å². The molecule has 0 saturated heterocycles. The smallest absolute Gasteiger partial charge is 0.123 e. The first-order chi connectivity index (χ1) is 15.2. The molecule has 0 amide bonds. The number of aliphatic hydroxyl groups excluding tert-OH is 1. The number of hydrogen-bond donors (Lipinski definition) is 1.